The lowest BCUT2D eigenvalue weighted by atomic mass is 10.0. The first-order valence-electron chi connectivity index (χ1n) is 9.74. The molecule has 0 spiro atoms. The monoisotopic (exact) mass is 471 g/mol. The summed E-state index contributed by atoms with van der Waals surface area (Å²) in [7, 11) is -3.07. The third-order valence-electron chi connectivity index (χ3n) is 5.09. The molecule has 1 saturated carbocycles. The van der Waals surface area contributed by atoms with Crippen LogP contribution in [0.5, 0.6) is 5.88 Å². The number of thiazole rings is 1. The summed E-state index contributed by atoms with van der Waals surface area (Å²) in [6, 6.07) is 10.2. The Morgan fingerprint density at radius 2 is 2.06 bits per heavy atom. The van der Waals surface area contributed by atoms with Crippen molar-refractivity contribution in [3.63, 3.8) is 0 Å². The van der Waals surface area contributed by atoms with E-state index in [4.69, 9.17) is 9.15 Å². The van der Waals surface area contributed by atoms with E-state index in [1.807, 2.05) is 18.2 Å². The van der Waals surface area contributed by atoms with Crippen LogP contribution in [-0.4, -0.2) is 32.8 Å². The number of benzene rings is 1. The summed E-state index contributed by atoms with van der Waals surface area (Å²) in [5.41, 5.74) is 2.36. The average Bonchev–Trinajstić information content (AvgIpc) is 3.34. The number of nitrogens with zero attached hydrogens (tertiary/aromatic N) is 2. The van der Waals surface area contributed by atoms with Crippen LogP contribution in [0.15, 0.2) is 47.0 Å². The molecule has 0 aliphatic heterocycles. The van der Waals surface area contributed by atoms with Crippen LogP contribution in [-0.2, 0) is 9.36 Å². The number of aromatic nitrogens is 2. The van der Waals surface area contributed by atoms with Crippen molar-refractivity contribution in [3.8, 4) is 28.3 Å². The normalized spacial score (nSPS) is 14.0. The number of carbonyl (C=O) groups is 1. The Labute approximate surface area is 186 Å². The average molecular weight is 471 g/mol. The van der Waals surface area contributed by atoms with Crippen molar-refractivity contribution in [1.29, 1.82) is 0 Å². The fourth-order valence-corrected chi connectivity index (χ4v) is 4.84. The van der Waals surface area contributed by atoms with Crippen molar-refractivity contribution in [1.82, 2.24) is 9.97 Å². The van der Waals surface area contributed by atoms with Gasteiger partial charge in [-0.05, 0) is 37.1 Å². The van der Waals surface area contributed by atoms with Gasteiger partial charge in [-0.15, -0.1) is 0 Å². The van der Waals surface area contributed by atoms with E-state index in [1.165, 1.54) is 30.6 Å². The van der Waals surface area contributed by atoms with Gasteiger partial charge in [0.1, 0.15) is 5.76 Å². The summed E-state index contributed by atoms with van der Waals surface area (Å²) < 4.78 is 23.1. The minimum Gasteiger partial charge on any atom is -0.480 e. The molecule has 164 valence electrons. The second kappa shape index (κ2) is 7.83. The van der Waals surface area contributed by atoms with Gasteiger partial charge in [0.2, 0.25) is 17.3 Å². The van der Waals surface area contributed by atoms with Gasteiger partial charge >= 0.3 is 7.60 Å². The van der Waals surface area contributed by atoms with Crippen molar-refractivity contribution in [2.45, 2.75) is 12.8 Å². The van der Waals surface area contributed by atoms with E-state index in [-0.39, 0.29) is 23.5 Å². The zero-order valence-electron chi connectivity index (χ0n) is 16.8. The van der Waals surface area contributed by atoms with Crippen molar-refractivity contribution in [2.24, 2.45) is 5.92 Å². The van der Waals surface area contributed by atoms with Gasteiger partial charge in [0.05, 0.1) is 22.9 Å². The molecule has 32 heavy (non-hydrogen) atoms. The van der Waals surface area contributed by atoms with Crippen molar-refractivity contribution >= 4 is 45.7 Å². The summed E-state index contributed by atoms with van der Waals surface area (Å²) in [6.45, 7) is 0. The SMILES string of the molecule is COc1ncc(-c2cccc3nc(NC(=O)C4CC4)sc23)cc1-c1ccc(P(=O)(O)O)o1. The first-order valence-corrected chi connectivity index (χ1v) is 12.2. The largest absolute Gasteiger partial charge is 0.480 e. The van der Waals surface area contributed by atoms with Crippen LogP contribution in [0.2, 0.25) is 0 Å². The quantitative estimate of drug-likeness (QED) is 0.362. The number of amides is 1. The van der Waals surface area contributed by atoms with E-state index in [9.17, 15) is 19.1 Å². The van der Waals surface area contributed by atoms with Gasteiger partial charge in [-0.25, -0.2) is 9.97 Å². The highest BCUT2D eigenvalue weighted by atomic mass is 32.1. The Morgan fingerprint density at radius 3 is 2.75 bits per heavy atom. The van der Waals surface area contributed by atoms with E-state index in [0.717, 1.165) is 34.2 Å². The number of carbonyl (C=O) groups excluding carboxylic acids is 1. The molecule has 1 amide bonds. The maximum absolute atomic E-state index is 12.1. The number of fused-ring (bicyclic) bond motifs is 1. The Morgan fingerprint density at radius 1 is 1.25 bits per heavy atom. The minimum absolute atomic E-state index is 0.00214. The molecule has 0 radical (unpaired) electrons. The Balaban J connectivity index is 1.56. The van der Waals surface area contributed by atoms with Crippen LogP contribution in [0.25, 0.3) is 32.7 Å². The second-order valence-electron chi connectivity index (χ2n) is 7.40. The molecule has 1 aromatic carbocycles. The Hall–Kier alpha value is -3.04. The Bertz CT molecular complexity index is 1390. The number of nitrogens with one attached hydrogen (secondary N) is 1. The molecule has 0 saturated heterocycles. The van der Waals surface area contributed by atoms with Crippen LogP contribution in [0.3, 0.4) is 0 Å². The maximum atomic E-state index is 12.1. The number of hydrogen-bond acceptors (Lipinski definition) is 7. The molecule has 1 aliphatic rings. The molecule has 0 bridgehead atoms. The molecule has 0 atom stereocenters. The molecular weight excluding hydrogens is 453 g/mol. The Kier molecular flexibility index (Phi) is 5.10. The minimum atomic E-state index is -4.52. The third-order valence-corrected chi connectivity index (χ3v) is 6.93. The number of methoxy groups -OCH3 is 1. The molecule has 11 heteroatoms. The second-order valence-corrected chi connectivity index (χ2v) is 9.93. The molecule has 0 unspecified atom stereocenters. The fraction of sp³-hybridized carbons (Fsp3) is 0.190. The van der Waals surface area contributed by atoms with Crippen LogP contribution in [0, 0.1) is 5.92 Å². The van der Waals surface area contributed by atoms with Gasteiger partial charge in [0.25, 0.3) is 0 Å². The summed E-state index contributed by atoms with van der Waals surface area (Å²) in [6.07, 6.45) is 3.48. The molecule has 3 N–H and O–H groups in total. The zero-order chi connectivity index (χ0) is 22.5. The van der Waals surface area contributed by atoms with Gasteiger partial charge in [-0.1, -0.05) is 23.5 Å². The van der Waals surface area contributed by atoms with Gasteiger partial charge in [-0.2, -0.15) is 0 Å². The van der Waals surface area contributed by atoms with E-state index in [2.05, 4.69) is 15.3 Å². The van der Waals surface area contributed by atoms with Gasteiger partial charge in [-0.3, -0.25) is 9.36 Å². The highest BCUT2D eigenvalue weighted by molar-refractivity contribution is 7.59. The standard InChI is InChI=1S/C21H18N3O6PS/c1-29-20-14(16-7-8-17(30-16)31(26,27)28)9-12(10-22-20)13-3-2-4-15-18(13)32-21(23-15)24-19(25)11-5-6-11/h2-4,7-11H,5-6H2,1H3,(H,23,24,25)(H2,26,27,28). The summed E-state index contributed by atoms with van der Waals surface area (Å²) in [5, 5.41) is 3.43. The summed E-state index contributed by atoms with van der Waals surface area (Å²) >= 11 is 1.38. The van der Waals surface area contributed by atoms with Crippen LogP contribution in [0.1, 0.15) is 12.8 Å². The number of rotatable bonds is 6. The van der Waals surface area contributed by atoms with Gasteiger partial charge in [0.15, 0.2) is 5.13 Å². The summed E-state index contributed by atoms with van der Waals surface area (Å²) in [4.78, 5) is 39.7. The molecule has 1 fully saturated rings. The maximum Gasteiger partial charge on any atom is 0.391 e. The number of ether oxygens (including phenoxy) is 1. The number of anilines is 1. The van der Waals surface area contributed by atoms with E-state index < -0.39 is 13.1 Å². The van der Waals surface area contributed by atoms with Gasteiger partial charge < -0.3 is 24.3 Å². The van der Waals surface area contributed by atoms with Crippen LogP contribution in [0.4, 0.5) is 5.13 Å². The molecular formula is C21H18N3O6PS. The lowest BCUT2D eigenvalue weighted by Gasteiger charge is -2.09. The molecule has 3 heterocycles. The van der Waals surface area contributed by atoms with E-state index >= 15 is 0 Å². The molecule has 4 aromatic rings. The zero-order valence-corrected chi connectivity index (χ0v) is 18.5. The topological polar surface area (TPSA) is 135 Å². The summed E-state index contributed by atoms with van der Waals surface area (Å²) in [5.74, 6) is 0.566. The van der Waals surface area contributed by atoms with Crippen molar-refractivity contribution < 1.29 is 28.3 Å². The van der Waals surface area contributed by atoms with E-state index in [1.54, 1.807) is 12.3 Å². The van der Waals surface area contributed by atoms with Gasteiger partial charge in [0, 0.05) is 23.2 Å². The highest BCUT2D eigenvalue weighted by Gasteiger charge is 2.30. The van der Waals surface area contributed by atoms with E-state index in [0.29, 0.717) is 10.7 Å². The molecule has 5 rings (SSSR count). The third kappa shape index (κ3) is 3.93. The lowest BCUT2D eigenvalue weighted by molar-refractivity contribution is -0.117. The predicted molar refractivity (Wildman–Crippen MR) is 120 cm³/mol. The first kappa shape index (κ1) is 20.8. The smallest absolute Gasteiger partial charge is 0.391 e. The van der Waals surface area contributed by atoms with Crippen LogP contribution < -0.4 is 15.6 Å². The number of hydrogen-bond donors (Lipinski definition) is 3. The fourth-order valence-electron chi connectivity index (χ4n) is 3.35. The van der Waals surface area contributed by atoms with Crippen molar-refractivity contribution in [3.05, 3.63) is 42.6 Å². The van der Waals surface area contributed by atoms with Crippen molar-refractivity contribution in [2.75, 3.05) is 12.4 Å². The molecule has 9 nitrogen and oxygen atoms in total. The number of pyridine rings is 1. The lowest BCUT2D eigenvalue weighted by Crippen LogP contribution is -2.12. The predicted octanol–water partition coefficient (Wildman–Crippen LogP) is 3.78. The molecule has 3 aromatic heterocycles. The number of furan rings is 1. The van der Waals surface area contributed by atoms with Crippen LogP contribution >= 0.6 is 18.9 Å². The highest BCUT2D eigenvalue weighted by Crippen LogP contribution is 2.40. The first-order chi connectivity index (χ1) is 15.3. The molecule has 1 aliphatic carbocycles.